The van der Waals surface area contributed by atoms with Crippen LogP contribution < -0.4 is 11.1 Å². The summed E-state index contributed by atoms with van der Waals surface area (Å²) in [4.78, 5) is 11.2. The molecule has 0 spiro atoms. The lowest BCUT2D eigenvalue weighted by Crippen LogP contribution is -2.51. The number of carbonyl (C=O) groups is 1. The molecule has 1 aromatic carbocycles. The van der Waals surface area contributed by atoms with Gasteiger partial charge in [0, 0.05) is 6.54 Å². The van der Waals surface area contributed by atoms with Crippen LogP contribution in [0.1, 0.15) is 11.7 Å². The number of nitrogens with one attached hydrogen (secondary N) is 1. The SMILES string of the molecule is NC(=O)C1NCCOC1c1ccccc1. The summed E-state index contributed by atoms with van der Waals surface area (Å²) in [6, 6.07) is 9.22. The predicted molar refractivity (Wildman–Crippen MR) is 56.1 cm³/mol. The molecule has 0 aliphatic carbocycles. The molecule has 1 amide bonds. The molecular weight excluding hydrogens is 192 g/mol. The van der Waals surface area contributed by atoms with Gasteiger partial charge in [-0.2, -0.15) is 0 Å². The first-order valence-electron chi connectivity index (χ1n) is 4.98. The zero-order valence-corrected chi connectivity index (χ0v) is 8.35. The number of carbonyl (C=O) groups excluding carboxylic acids is 1. The van der Waals surface area contributed by atoms with Crippen LogP contribution in [-0.4, -0.2) is 25.1 Å². The van der Waals surface area contributed by atoms with Gasteiger partial charge in [-0.05, 0) is 5.56 Å². The van der Waals surface area contributed by atoms with Crippen LogP contribution in [-0.2, 0) is 9.53 Å². The normalized spacial score (nSPS) is 26.1. The molecule has 15 heavy (non-hydrogen) atoms. The van der Waals surface area contributed by atoms with Gasteiger partial charge < -0.3 is 15.8 Å². The van der Waals surface area contributed by atoms with E-state index in [0.717, 1.165) is 5.56 Å². The standard InChI is InChI=1S/C11H14N2O2/c12-11(14)9-10(15-7-6-13-9)8-4-2-1-3-5-8/h1-5,9-10,13H,6-7H2,(H2,12,14). The number of primary amides is 1. The van der Waals surface area contributed by atoms with Crippen LogP contribution in [0.5, 0.6) is 0 Å². The molecule has 1 saturated heterocycles. The van der Waals surface area contributed by atoms with Crippen LogP contribution in [0.4, 0.5) is 0 Å². The molecule has 2 rings (SSSR count). The number of amides is 1. The summed E-state index contributed by atoms with van der Waals surface area (Å²) in [6.45, 7) is 1.26. The smallest absolute Gasteiger partial charge is 0.237 e. The number of hydrogen-bond acceptors (Lipinski definition) is 3. The molecule has 0 saturated carbocycles. The molecular formula is C11H14N2O2. The Hall–Kier alpha value is -1.39. The number of morpholine rings is 1. The number of nitrogens with two attached hydrogens (primary N) is 1. The van der Waals surface area contributed by atoms with E-state index in [1.54, 1.807) is 0 Å². The van der Waals surface area contributed by atoms with Gasteiger partial charge in [-0.3, -0.25) is 4.79 Å². The zero-order chi connectivity index (χ0) is 10.7. The third-order valence-corrected chi connectivity index (χ3v) is 2.50. The van der Waals surface area contributed by atoms with Gasteiger partial charge >= 0.3 is 0 Å². The van der Waals surface area contributed by atoms with E-state index >= 15 is 0 Å². The van der Waals surface area contributed by atoms with E-state index in [2.05, 4.69) is 5.32 Å². The van der Waals surface area contributed by atoms with Gasteiger partial charge in [0.2, 0.25) is 5.91 Å². The molecule has 0 aromatic heterocycles. The van der Waals surface area contributed by atoms with E-state index in [1.165, 1.54) is 0 Å². The van der Waals surface area contributed by atoms with E-state index in [9.17, 15) is 4.79 Å². The summed E-state index contributed by atoms with van der Waals surface area (Å²) in [7, 11) is 0. The Morgan fingerprint density at radius 3 is 2.80 bits per heavy atom. The van der Waals surface area contributed by atoms with E-state index in [1.807, 2.05) is 30.3 Å². The number of benzene rings is 1. The monoisotopic (exact) mass is 206 g/mol. The zero-order valence-electron chi connectivity index (χ0n) is 8.35. The quantitative estimate of drug-likeness (QED) is 0.726. The maximum absolute atomic E-state index is 11.2. The molecule has 4 heteroatoms. The van der Waals surface area contributed by atoms with Gasteiger partial charge in [0.15, 0.2) is 0 Å². The van der Waals surface area contributed by atoms with Crippen LogP contribution in [0.3, 0.4) is 0 Å². The van der Waals surface area contributed by atoms with Crippen molar-refractivity contribution < 1.29 is 9.53 Å². The van der Waals surface area contributed by atoms with E-state index in [0.29, 0.717) is 13.2 Å². The van der Waals surface area contributed by atoms with Gasteiger partial charge in [-0.15, -0.1) is 0 Å². The van der Waals surface area contributed by atoms with Crippen molar-refractivity contribution >= 4 is 5.91 Å². The molecule has 80 valence electrons. The fourth-order valence-corrected chi connectivity index (χ4v) is 1.78. The highest BCUT2D eigenvalue weighted by Crippen LogP contribution is 2.23. The molecule has 1 aliphatic rings. The van der Waals surface area contributed by atoms with Crippen LogP contribution >= 0.6 is 0 Å². The molecule has 2 unspecified atom stereocenters. The molecule has 1 aromatic rings. The van der Waals surface area contributed by atoms with Crippen LogP contribution in [0, 0.1) is 0 Å². The van der Waals surface area contributed by atoms with Crippen molar-refractivity contribution in [3.63, 3.8) is 0 Å². The highest BCUT2D eigenvalue weighted by atomic mass is 16.5. The summed E-state index contributed by atoms with van der Waals surface area (Å²) in [5, 5.41) is 3.07. The van der Waals surface area contributed by atoms with Crippen molar-refractivity contribution in [2.75, 3.05) is 13.2 Å². The highest BCUT2D eigenvalue weighted by Gasteiger charge is 2.30. The van der Waals surface area contributed by atoms with Crippen molar-refractivity contribution in [3.8, 4) is 0 Å². The van der Waals surface area contributed by atoms with Gasteiger partial charge in [0.1, 0.15) is 12.1 Å². The molecule has 1 heterocycles. The molecule has 0 bridgehead atoms. The summed E-state index contributed by atoms with van der Waals surface area (Å²) in [5.74, 6) is -0.372. The summed E-state index contributed by atoms with van der Waals surface area (Å²) in [5.41, 5.74) is 6.29. The summed E-state index contributed by atoms with van der Waals surface area (Å²) >= 11 is 0. The Labute approximate surface area is 88.4 Å². The van der Waals surface area contributed by atoms with Crippen LogP contribution in [0.25, 0.3) is 0 Å². The van der Waals surface area contributed by atoms with Crippen molar-refractivity contribution in [1.82, 2.24) is 5.32 Å². The summed E-state index contributed by atoms with van der Waals surface area (Å²) < 4.78 is 5.57. The second kappa shape index (κ2) is 4.42. The van der Waals surface area contributed by atoms with Crippen molar-refractivity contribution in [2.24, 2.45) is 5.73 Å². The van der Waals surface area contributed by atoms with Gasteiger partial charge in [-0.25, -0.2) is 0 Å². The van der Waals surface area contributed by atoms with Crippen LogP contribution in [0.15, 0.2) is 30.3 Å². The molecule has 3 N–H and O–H groups in total. The maximum Gasteiger partial charge on any atom is 0.237 e. The Bertz CT molecular complexity index is 340. The molecule has 1 fully saturated rings. The lowest BCUT2D eigenvalue weighted by molar-refractivity contribution is -0.126. The van der Waals surface area contributed by atoms with Crippen molar-refractivity contribution in [2.45, 2.75) is 12.1 Å². The lowest BCUT2D eigenvalue weighted by Gasteiger charge is -2.30. The second-order valence-electron chi connectivity index (χ2n) is 3.54. The number of ether oxygens (including phenoxy) is 1. The Kier molecular flexibility index (Phi) is 2.99. The highest BCUT2D eigenvalue weighted by molar-refractivity contribution is 5.81. The van der Waals surface area contributed by atoms with Gasteiger partial charge in [0.25, 0.3) is 0 Å². The molecule has 2 atom stereocenters. The number of rotatable bonds is 2. The Morgan fingerprint density at radius 2 is 2.13 bits per heavy atom. The number of hydrogen-bond donors (Lipinski definition) is 2. The van der Waals surface area contributed by atoms with Crippen molar-refractivity contribution in [3.05, 3.63) is 35.9 Å². The fraction of sp³-hybridized carbons (Fsp3) is 0.364. The van der Waals surface area contributed by atoms with Crippen molar-refractivity contribution in [1.29, 1.82) is 0 Å². The minimum absolute atomic E-state index is 0.266. The van der Waals surface area contributed by atoms with E-state index in [-0.39, 0.29) is 12.0 Å². The average molecular weight is 206 g/mol. The van der Waals surface area contributed by atoms with Crippen LogP contribution in [0.2, 0.25) is 0 Å². The first-order valence-corrected chi connectivity index (χ1v) is 4.98. The molecule has 0 radical (unpaired) electrons. The van der Waals surface area contributed by atoms with Gasteiger partial charge in [-0.1, -0.05) is 30.3 Å². The largest absolute Gasteiger partial charge is 0.370 e. The minimum Gasteiger partial charge on any atom is -0.370 e. The fourth-order valence-electron chi connectivity index (χ4n) is 1.78. The third-order valence-electron chi connectivity index (χ3n) is 2.50. The lowest BCUT2D eigenvalue weighted by atomic mass is 10.0. The third kappa shape index (κ3) is 2.16. The molecule has 4 nitrogen and oxygen atoms in total. The topological polar surface area (TPSA) is 64.4 Å². The predicted octanol–water partition coefficient (Wildman–Crippen LogP) is 0.201. The van der Waals surface area contributed by atoms with Gasteiger partial charge in [0.05, 0.1) is 6.61 Å². The maximum atomic E-state index is 11.2. The van der Waals surface area contributed by atoms with E-state index < -0.39 is 6.04 Å². The second-order valence-corrected chi connectivity index (χ2v) is 3.54. The first kappa shape index (κ1) is 10.1. The molecule has 1 aliphatic heterocycles. The summed E-state index contributed by atoms with van der Waals surface area (Å²) in [6.07, 6.45) is -0.266. The Balaban J connectivity index is 2.22. The van der Waals surface area contributed by atoms with E-state index in [4.69, 9.17) is 10.5 Å². The Morgan fingerprint density at radius 1 is 1.40 bits per heavy atom. The average Bonchev–Trinajstić information content (AvgIpc) is 2.30. The first-order chi connectivity index (χ1) is 7.29. The minimum atomic E-state index is -0.429.